The molecule has 1 aromatic heterocycles. The van der Waals surface area contributed by atoms with Crippen molar-refractivity contribution in [3.8, 4) is 5.75 Å². The number of aromatic nitrogens is 2. The molecule has 54 valence electrons. The Labute approximate surface area is 57.9 Å². The highest BCUT2D eigenvalue weighted by Crippen LogP contribution is 1.95. The topological polar surface area (TPSA) is 55.0 Å². The molecule has 10 heavy (non-hydrogen) atoms. The Balaban J connectivity index is 2.92. The molecule has 4 heteroatoms. The molecule has 1 aromatic rings. The van der Waals surface area contributed by atoms with E-state index in [0.717, 1.165) is 0 Å². The summed E-state index contributed by atoms with van der Waals surface area (Å²) in [5.41, 5.74) is -0.239. The molecule has 0 unspecified atom stereocenters. The van der Waals surface area contributed by atoms with Crippen molar-refractivity contribution in [1.82, 2.24) is 9.97 Å². The number of H-pyrrole nitrogens is 1. The summed E-state index contributed by atoms with van der Waals surface area (Å²) in [7, 11) is 0. The van der Waals surface area contributed by atoms with Gasteiger partial charge in [-0.05, 0) is 6.92 Å². The van der Waals surface area contributed by atoms with E-state index in [9.17, 15) is 4.79 Å². The molecule has 4 nitrogen and oxygen atoms in total. The maximum atomic E-state index is 10.8. The maximum absolute atomic E-state index is 10.8. The van der Waals surface area contributed by atoms with Crippen molar-refractivity contribution in [3.63, 3.8) is 0 Å². The fraction of sp³-hybridized carbons (Fsp3) is 0.333. The van der Waals surface area contributed by atoms with Crippen LogP contribution in [0.15, 0.2) is 17.3 Å². The molecule has 0 aliphatic rings. The fourth-order valence-corrected chi connectivity index (χ4v) is 0.589. The van der Waals surface area contributed by atoms with Crippen LogP contribution in [0.5, 0.6) is 5.75 Å². The number of rotatable bonds is 2. The lowest BCUT2D eigenvalue weighted by atomic mass is 10.6. The van der Waals surface area contributed by atoms with E-state index in [4.69, 9.17) is 4.74 Å². The predicted molar refractivity (Wildman–Crippen MR) is 36.0 cm³/mol. The predicted octanol–water partition coefficient (Wildman–Crippen LogP) is 0.169. The van der Waals surface area contributed by atoms with Crippen LogP contribution in [0.25, 0.3) is 0 Å². The van der Waals surface area contributed by atoms with Gasteiger partial charge in [-0.3, -0.25) is 4.79 Å². The minimum Gasteiger partial charge on any atom is -0.487 e. The third kappa shape index (κ3) is 1.34. The van der Waals surface area contributed by atoms with Gasteiger partial charge in [0.1, 0.15) is 0 Å². The third-order valence-corrected chi connectivity index (χ3v) is 0.986. The highest BCUT2D eigenvalue weighted by molar-refractivity contribution is 5.10. The first-order valence-electron chi connectivity index (χ1n) is 3.00. The standard InChI is InChI=1S/C6H8N2O2/c1-2-10-5-3-7-4-8-6(5)9/h3-4H,2H2,1H3,(H,7,8,9). The Bertz CT molecular complexity index is 256. The zero-order valence-electron chi connectivity index (χ0n) is 5.63. The van der Waals surface area contributed by atoms with Crippen LogP contribution < -0.4 is 10.3 Å². The molecule has 0 saturated heterocycles. The highest BCUT2D eigenvalue weighted by atomic mass is 16.5. The van der Waals surface area contributed by atoms with Gasteiger partial charge in [-0.25, -0.2) is 4.98 Å². The van der Waals surface area contributed by atoms with Crippen molar-refractivity contribution in [3.05, 3.63) is 22.9 Å². The molecule has 0 atom stereocenters. The quantitative estimate of drug-likeness (QED) is 0.637. The Morgan fingerprint density at radius 3 is 3.20 bits per heavy atom. The average Bonchev–Trinajstić information content (AvgIpc) is 1.94. The second kappa shape index (κ2) is 3.00. The van der Waals surface area contributed by atoms with Gasteiger partial charge in [-0.1, -0.05) is 0 Å². The van der Waals surface area contributed by atoms with Gasteiger partial charge >= 0.3 is 0 Å². The zero-order chi connectivity index (χ0) is 7.40. The molecule has 0 aromatic carbocycles. The Morgan fingerprint density at radius 2 is 2.60 bits per heavy atom. The highest BCUT2D eigenvalue weighted by Gasteiger charge is 1.95. The number of hydrogen-bond acceptors (Lipinski definition) is 3. The first-order chi connectivity index (χ1) is 4.84. The second-order valence-corrected chi connectivity index (χ2v) is 1.68. The van der Waals surface area contributed by atoms with Crippen LogP contribution >= 0.6 is 0 Å². The van der Waals surface area contributed by atoms with Crippen molar-refractivity contribution in [2.24, 2.45) is 0 Å². The smallest absolute Gasteiger partial charge is 0.293 e. The third-order valence-electron chi connectivity index (χ3n) is 0.986. The fourth-order valence-electron chi connectivity index (χ4n) is 0.589. The molecule has 0 aliphatic heterocycles. The summed E-state index contributed by atoms with van der Waals surface area (Å²) in [4.78, 5) is 16.9. The monoisotopic (exact) mass is 140 g/mol. The Hall–Kier alpha value is -1.32. The molecule has 1 N–H and O–H groups in total. The van der Waals surface area contributed by atoms with Gasteiger partial charge in [0, 0.05) is 0 Å². The van der Waals surface area contributed by atoms with E-state index in [1.807, 2.05) is 6.92 Å². The summed E-state index contributed by atoms with van der Waals surface area (Å²) in [5, 5.41) is 0. The lowest BCUT2D eigenvalue weighted by Crippen LogP contribution is -2.10. The number of nitrogens with one attached hydrogen (secondary N) is 1. The van der Waals surface area contributed by atoms with Crippen LogP contribution in [-0.2, 0) is 0 Å². The molecule has 1 heterocycles. The van der Waals surface area contributed by atoms with Crippen LogP contribution in [0, 0.1) is 0 Å². The van der Waals surface area contributed by atoms with Crippen LogP contribution in [0.3, 0.4) is 0 Å². The van der Waals surface area contributed by atoms with E-state index in [2.05, 4.69) is 9.97 Å². The van der Waals surface area contributed by atoms with Crippen LogP contribution in [0.4, 0.5) is 0 Å². The summed E-state index contributed by atoms with van der Waals surface area (Å²) in [6.45, 7) is 2.29. The van der Waals surface area contributed by atoms with Gasteiger partial charge in [0.25, 0.3) is 5.56 Å². The number of ether oxygens (including phenoxy) is 1. The normalized spacial score (nSPS) is 9.30. The molecule has 0 spiro atoms. The molecule has 0 radical (unpaired) electrons. The molecular formula is C6H8N2O2. The lowest BCUT2D eigenvalue weighted by Gasteiger charge is -1.97. The van der Waals surface area contributed by atoms with Gasteiger partial charge in [-0.15, -0.1) is 0 Å². The van der Waals surface area contributed by atoms with Crippen molar-refractivity contribution in [1.29, 1.82) is 0 Å². The number of nitrogens with zero attached hydrogens (tertiary/aromatic N) is 1. The lowest BCUT2D eigenvalue weighted by molar-refractivity contribution is 0.333. The van der Waals surface area contributed by atoms with E-state index < -0.39 is 0 Å². The number of aromatic amines is 1. The largest absolute Gasteiger partial charge is 0.487 e. The summed E-state index contributed by atoms with van der Waals surface area (Å²) < 4.78 is 4.93. The summed E-state index contributed by atoms with van der Waals surface area (Å²) in [6.07, 6.45) is 2.72. The maximum Gasteiger partial charge on any atom is 0.293 e. The molecule has 0 bridgehead atoms. The Kier molecular flexibility index (Phi) is 2.04. The van der Waals surface area contributed by atoms with Crippen LogP contribution in [0.1, 0.15) is 6.92 Å². The molecule has 0 aliphatic carbocycles. The van der Waals surface area contributed by atoms with Crippen molar-refractivity contribution in [2.45, 2.75) is 6.92 Å². The molecule has 0 amide bonds. The van der Waals surface area contributed by atoms with Gasteiger partial charge in [-0.2, -0.15) is 0 Å². The summed E-state index contributed by atoms with van der Waals surface area (Å²) >= 11 is 0. The minimum atomic E-state index is -0.239. The molecular weight excluding hydrogens is 132 g/mol. The first kappa shape index (κ1) is 6.80. The van der Waals surface area contributed by atoms with E-state index in [1.165, 1.54) is 12.5 Å². The second-order valence-electron chi connectivity index (χ2n) is 1.68. The summed E-state index contributed by atoms with van der Waals surface area (Å²) in [6, 6.07) is 0. The van der Waals surface area contributed by atoms with Crippen LogP contribution in [-0.4, -0.2) is 16.6 Å². The van der Waals surface area contributed by atoms with E-state index in [1.54, 1.807) is 0 Å². The molecule has 1 rings (SSSR count). The van der Waals surface area contributed by atoms with Gasteiger partial charge < -0.3 is 9.72 Å². The van der Waals surface area contributed by atoms with E-state index in [-0.39, 0.29) is 11.3 Å². The Morgan fingerprint density at radius 1 is 1.80 bits per heavy atom. The first-order valence-corrected chi connectivity index (χ1v) is 3.00. The SMILES string of the molecule is CCOc1cnc[nH]c1=O. The van der Waals surface area contributed by atoms with Gasteiger partial charge in [0.15, 0.2) is 0 Å². The average molecular weight is 140 g/mol. The van der Waals surface area contributed by atoms with Gasteiger partial charge in [0.2, 0.25) is 5.75 Å². The zero-order valence-corrected chi connectivity index (χ0v) is 5.63. The minimum absolute atomic E-state index is 0.239. The van der Waals surface area contributed by atoms with Crippen molar-refractivity contribution in [2.75, 3.05) is 6.61 Å². The van der Waals surface area contributed by atoms with Gasteiger partial charge in [0.05, 0.1) is 19.1 Å². The van der Waals surface area contributed by atoms with E-state index in [0.29, 0.717) is 6.61 Å². The summed E-state index contributed by atoms with van der Waals surface area (Å²) in [5.74, 6) is 0.269. The van der Waals surface area contributed by atoms with E-state index >= 15 is 0 Å². The van der Waals surface area contributed by atoms with Crippen LogP contribution in [0.2, 0.25) is 0 Å². The van der Waals surface area contributed by atoms with Crippen molar-refractivity contribution < 1.29 is 4.74 Å². The molecule has 0 saturated carbocycles. The number of hydrogen-bond donors (Lipinski definition) is 1. The van der Waals surface area contributed by atoms with Crippen molar-refractivity contribution >= 4 is 0 Å². The molecule has 0 fully saturated rings.